The summed E-state index contributed by atoms with van der Waals surface area (Å²) in [4.78, 5) is 21.7. The van der Waals surface area contributed by atoms with Gasteiger partial charge < -0.3 is 15.0 Å². The smallest absolute Gasteiger partial charge is 0.321 e. The number of nitrogens with one attached hydrogen (secondary N) is 1. The number of pyridine rings is 1. The van der Waals surface area contributed by atoms with Gasteiger partial charge in [0.15, 0.2) is 0 Å². The number of anilines is 1. The third-order valence-electron chi connectivity index (χ3n) is 7.18. The van der Waals surface area contributed by atoms with Crippen LogP contribution in [0.2, 0.25) is 5.02 Å². The number of rotatable bonds is 5. The first kappa shape index (κ1) is 22.7. The van der Waals surface area contributed by atoms with Gasteiger partial charge in [-0.05, 0) is 60.4 Å². The van der Waals surface area contributed by atoms with E-state index >= 15 is 0 Å². The SMILES string of the molecule is COc1ccc(NC(=O)N2CCC3(CC2)CN(Cc2ccccc2Cl)C3c2cccnc2)cc1. The molecule has 0 aliphatic carbocycles. The van der Waals surface area contributed by atoms with Crippen LogP contribution in [0.5, 0.6) is 5.75 Å². The van der Waals surface area contributed by atoms with E-state index in [0.29, 0.717) is 0 Å². The molecule has 0 saturated carbocycles. The van der Waals surface area contributed by atoms with Crippen molar-refractivity contribution in [1.29, 1.82) is 0 Å². The number of carbonyl (C=O) groups is 1. The fourth-order valence-corrected chi connectivity index (χ4v) is 5.61. The molecule has 176 valence electrons. The number of aromatic nitrogens is 1. The van der Waals surface area contributed by atoms with Crippen LogP contribution in [0.3, 0.4) is 0 Å². The van der Waals surface area contributed by atoms with Crippen LogP contribution in [0.15, 0.2) is 73.1 Å². The van der Waals surface area contributed by atoms with Gasteiger partial charge in [-0.25, -0.2) is 4.79 Å². The van der Waals surface area contributed by atoms with E-state index in [1.807, 2.05) is 65.8 Å². The molecule has 3 aromatic rings. The monoisotopic (exact) mass is 476 g/mol. The summed E-state index contributed by atoms with van der Waals surface area (Å²) < 4.78 is 5.19. The van der Waals surface area contributed by atoms with E-state index < -0.39 is 0 Å². The van der Waals surface area contributed by atoms with Crippen molar-refractivity contribution in [3.05, 3.63) is 89.2 Å². The van der Waals surface area contributed by atoms with Crippen LogP contribution in [-0.4, -0.2) is 47.6 Å². The van der Waals surface area contributed by atoms with Crippen LogP contribution in [0.4, 0.5) is 10.5 Å². The molecule has 2 aliphatic rings. The number of urea groups is 1. The second-order valence-corrected chi connectivity index (χ2v) is 9.60. The van der Waals surface area contributed by atoms with Gasteiger partial charge in [0.25, 0.3) is 0 Å². The highest BCUT2D eigenvalue weighted by atomic mass is 35.5. The van der Waals surface area contributed by atoms with E-state index in [2.05, 4.69) is 27.3 Å². The first-order valence-corrected chi connectivity index (χ1v) is 12.0. The molecular formula is C27H29ClN4O2. The van der Waals surface area contributed by atoms with Crippen molar-refractivity contribution in [2.24, 2.45) is 5.41 Å². The fourth-order valence-electron chi connectivity index (χ4n) is 5.42. The Morgan fingerprint density at radius 2 is 1.88 bits per heavy atom. The summed E-state index contributed by atoms with van der Waals surface area (Å²) in [6.45, 7) is 3.27. The Kier molecular flexibility index (Phi) is 6.44. The van der Waals surface area contributed by atoms with Gasteiger partial charge in [-0.2, -0.15) is 0 Å². The van der Waals surface area contributed by atoms with Crippen LogP contribution in [-0.2, 0) is 6.54 Å². The number of hydrogen-bond acceptors (Lipinski definition) is 4. The van der Waals surface area contributed by atoms with Gasteiger partial charge in [-0.3, -0.25) is 9.88 Å². The molecule has 2 fully saturated rings. The molecule has 6 nitrogen and oxygen atoms in total. The Morgan fingerprint density at radius 1 is 1.12 bits per heavy atom. The highest BCUT2D eigenvalue weighted by molar-refractivity contribution is 6.31. The highest BCUT2D eigenvalue weighted by Gasteiger charge is 2.54. The number of methoxy groups -OCH3 is 1. The molecule has 2 aliphatic heterocycles. The molecular weight excluding hydrogens is 448 g/mol. The Bertz CT molecular complexity index is 1130. The lowest BCUT2D eigenvalue weighted by atomic mass is 9.63. The van der Waals surface area contributed by atoms with E-state index in [1.54, 1.807) is 7.11 Å². The zero-order valence-corrected chi connectivity index (χ0v) is 20.0. The number of likely N-dealkylation sites (tertiary alicyclic amines) is 2. The maximum absolute atomic E-state index is 12.9. The molecule has 0 bridgehead atoms. The van der Waals surface area contributed by atoms with Crippen molar-refractivity contribution in [3.8, 4) is 5.75 Å². The van der Waals surface area contributed by atoms with Crippen LogP contribution in [0.1, 0.15) is 30.0 Å². The molecule has 1 N–H and O–H groups in total. The van der Waals surface area contributed by atoms with Gasteiger partial charge in [-0.15, -0.1) is 0 Å². The number of carbonyl (C=O) groups excluding carboxylic acids is 1. The molecule has 1 aromatic heterocycles. The van der Waals surface area contributed by atoms with E-state index in [0.717, 1.165) is 61.0 Å². The minimum atomic E-state index is -0.0507. The molecule has 2 amide bonds. The van der Waals surface area contributed by atoms with Crippen molar-refractivity contribution in [3.63, 3.8) is 0 Å². The lowest BCUT2D eigenvalue weighted by Gasteiger charge is -2.60. The molecule has 1 atom stereocenters. The number of amides is 2. The van der Waals surface area contributed by atoms with Crippen LogP contribution in [0, 0.1) is 5.41 Å². The third-order valence-corrected chi connectivity index (χ3v) is 7.55. The van der Waals surface area contributed by atoms with Gasteiger partial charge in [0.1, 0.15) is 5.75 Å². The molecule has 2 saturated heterocycles. The van der Waals surface area contributed by atoms with E-state index in [9.17, 15) is 4.79 Å². The molecule has 0 radical (unpaired) electrons. The molecule has 1 spiro atoms. The quantitative estimate of drug-likeness (QED) is 0.519. The van der Waals surface area contributed by atoms with Gasteiger partial charge in [0.2, 0.25) is 0 Å². The first-order valence-electron chi connectivity index (χ1n) is 11.7. The van der Waals surface area contributed by atoms with Crippen LogP contribution < -0.4 is 10.1 Å². The van der Waals surface area contributed by atoms with Crippen LogP contribution in [0.25, 0.3) is 0 Å². The summed E-state index contributed by atoms with van der Waals surface area (Å²) in [5.74, 6) is 0.769. The second kappa shape index (κ2) is 9.65. The Morgan fingerprint density at radius 3 is 2.56 bits per heavy atom. The fraction of sp³-hybridized carbons (Fsp3) is 0.333. The normalized spacial score (nSPS) is 19.5. The second-order valence-electron chi connectivity index (χ2n) is 9.19. The van der Waals surface area contributed by atoms with Gasteiger partial charge in [-0.1, -0.05) is 35.9 Å². The van der Waals surface area contributed by atoms with Gasteiger partial charge in [0, 0.05) is 60.7 Å². The molecule has 1 unspecified atom stereocenters. The zero-order valence-electron chi connectivity index (χ0n) is 19.3. The predicted molar refractivity (Wildman–Crippen MR) is 134 cm³/mol. The number of hydrogen-bond donors (Lipinski definition) is 1. The maximum atomic E-state index is 12.9. The largest absolute Gasteiger partial charge is 0.497 e. The van der Waals surface area contributed by atoms with E-state index in [1.165, 1.54) is 5.56 Å². The highest BCUT2D eigenvalue weighted by Crippen LogP contribution is 2.55. The summed E-state index contributed by atoms with van der Waals surface area (Å²) in [5, 5.41) is 3.82. The molecule has 2 aromatic carbocycles. The first-order chi connectivity index (χ1) is 16.6. The van der Waals surface area contributed by atoms with Crippen LogP contribution >= 0.6 is 11.6 Å². The van der Waals surface area contributed by atoms with Crippen molar-refractivity contribution < 1.29 is 9.53 Å². The maximum Gasteiger partial charge on any atom is 0.321 e. The Balaban J connectivity index is 1.27. The summed E-state index contributed by atoms with van der Waals surface area (Å²) >= 11 is 6.46. The third kappa shape index (κ3) is 4.48. The van der Waals surface area contributed by atoms with Crippen molar-refractivity contribution >= 4 is 23.3 Å². The zero-order chi connectivity index (χ0) is 23.5. The minimum absolute atomic E-state index is 0.0507. The molecule has 34 heavy (non-hydrogen) atoms. The van der Waals surface area contributed by atoms with Crippen molar-refractivity contribution in [2.45, 2.75) is 25.4 Å². The number of piperidine rings is 1. The lowest BCUT2D eigenvalue weighted by molar-refractivity contribution is -0.112. The van der Waals surface area contributed by atoms with Crippen molar-refractivity contribution in [1.82, 2.24) is 14.8 Å². The summed E-state index contributed by atoms with van der Waals surface area (Å²) in [6, 6.07) is 19.9. The number of halogens is 1. The van der Waals surface area contributed by atoms with Gasteiger partial charge >= 0.3 is 6.03 Å². The average molecular weight is 477 g/mol. The summed E-state index contributed by atoms with van der Waals surface area (Å²) in [6.07, 6.45) is 5.72. The Labute approximate surface area is 205 Å². The predicted octanol–water partition coefficient (Wildman–Crippen LogP) is 5.61. The van der Waals surface area contributed by atoms with E-state index in [-0.39, 0.29) is 17.5 Å². The average Bonchev–Trinajstić information content (AvgIpc) is 2.86. The van der Waals surface area contributed by atoms with Crippen molar-refractivity contribution in [2.75, 3.05) is 32.1 Å². The van der Waals surface area contributed by atoms with Gasteiger partial charge in [0.05, 0.1) is 7.11 Å². The Hall–Kier alpha value is -3.09. The van der Waals surface area contributed by atoms with E-state index in [4.69, 9.17) is 16.3 Å². The topological polar surface area (TPSA) is 57.7 Å². The molecule has 3 heterocycles. The summed E-state index contributed by atoms with van der Waals surface area (Å²) in [5.41, 5.74) is 3.29. The standard InChI is InChI=1S/C27H29ClN4O2/c1-34-23-10-8-22(9-11-23)30-26(33)31-15-12-27(13-16-31)19-32(18-21-5-2-3-7-24(21)28)25(27)20-6-4-14-29-17-20/h2-11,14,17,25H,12-13,15-16,18-19H2,1H3,(H,30,33). The molecule has 7 heteroatoms. The molecule has 5 rings (SSSR count). The lowest BCUT2D eigenvalue weighted by Crippen LogP contribution is -2.62. The number of nitrogens with zero attached hydrogens (tertiary/aromatic N) is 3. The minimum Gasteiger partial charge on any atom is -0.497 e. The number of ether oxygens (including phenoxy) is 1. The number of benzene rings is 2. The summed E-state index contributed by atoms with van der Waals surface area (Å²) in [7, 11) is 1.63.